The third kappa shape index (κ3) is 3.95. The summed E-state index contributed by atoms with van der Waals surface area (Å²) in [6.07, 6.45) is -0.565. The number of benzene rings is 2. The quantitative estimate of drug-likeness (QED) is 0.544. The zero-order valence-electron chi connectivity index (χ0n) is 17.8. The number of nitrogens with one attached hydrogen (secondary N) is 1. The van der Waals surface area contributed by atoms with Crippen LogP contribution in [0.5, 0.6) is 0 Å². The van der Waals surface area contributed by atoms with Crippen molar-refractivity contribution in [2.24, 2.45) is 0 Å². The number of hydrogen-bond donors (Lipinski definition) is 1. The van der Waals surface area contributed by atoms with E-state index in [1.165, 1.54) is 24.5 Å². The molecule has 0 radical (unpaired) electrons. The van der Waals surface area contributed by atoms with Gasteiger partial charge in [0, 0.05) is 49.5 Å². The number of carbonyl (C=O) groups is 2. The minimum Gasteiger partial charge on any atom is -0.450 e. The van der Waals surface area contributed by atoms with Crippen molar-refractivity contribution in [1.29, 1.82) is 0 Å². The average molecular weight is 468 g/mol. The third-order valence-corrected chi connectivity index (χ3v) is 6.20. The first-order valence-electron chi connectivity index (χ1n) is 10.6. The molecule has 2 aromatic carbocycles. The topological polar surface area (TPSA) is 84.4 Å². The molecule has 2 amide bonds. The normalized spacial score (nSPS) is 16.8. The Hall–Kier alpha value is -3.95. The van der Waals surface area contributed by atoms with Gasteiger partial charge in [-0.2, -0.15) is 13.2 Å². The number of carbonyl (C=O) groups excluding carboxylic acids is 2. The summed E-state index contributed by atoms with van der Waals surface area (Å²) < 4.78 is 43.9. The van der Waals surface area contributed by atoms with Crippen molar-refractivity contribution >= 4 is 17.9 Å². The first kappa shape index (κ1) is 21.9. The van der Waals surface area contributed by atoms with Crippen LogP contribution < -0.4 is 5.32 Å². The SMILES string of the molecule is O=C1OC2(CCN(C(=O)Nc3ncc(-c4ccc(C(F)(F)F)cc4)cn3)CC2)c2ccccc21. The van der Waals surface area contributed by atoms with Gasteiger partial charge in [0.2, 0.25) is 5.95 Å². The maximum atomic E-state index is 12.7. The molecular weight excluding hydrogens is 449 g/mol. The predicted octanol–water partition coefficient (Wildman–Crippen LogP) is 4.86. The average Bonchev–Trinajstić information content (AvgIpc) is 3.11. The lowest BCUT2D eigenvalue weighted by atomic mass is 9.84. The molecule has 1 saturated heterocycles. The number of esters is 1. The number of nitrogens with zero attached hydrogens (tertiary/aromatic N) is 3. The standard InChI is InChI=1S/C24H19F3N4O3/c25-24(26,27)17-7-5-15(6-8-17)16-13-28-21(29-14-16)30-22(33)31-11-9-23(10-12-31)19-4-2-1-3-18(19)20(32)34-23/h1-8,13-14H,9-12H2,(H,28,29,30,33). The Kier molecular flexibility index (Phi) is 5.22. The van der Waals surface area contributed by atoms with Gasteiger partial charge in [-0.1, -0.05) is 30.3 Å². The van der Waals surface area contributed by atoms with Gasteiger partial charge in [-0.15, -0.1) is 0 Å². The van der Waals surface area contributed by atoms with Crippen molar-refractivity contribution in [2.75, 3.05) is 18.4 Å². The summed E-state index contributed by atoms with van der Waals surface area (Å²) in [4.78, 5) is 34.7. The fourth-order valence-corrected chi connectivity index (χ4v) is 4.36. The Labute approximate surface area is 192 Å². The van der Waals surface area contributed by atoms with Crippen LogP contribution in [0.1, 0.15) is 34.3 Å². The summed E-state index contributed by atoms with van der Waals surface area (Å²) in [6.45, 7) is 0.772. The predicted molar refractivity (Wildman–Crippen MR) is 116 cm³/mol. The lowest BCUT2D eigenvalue weighted by Crippen LogP contribution is -2.47. The highest BCUT2D eigenvalue weighted by Gasteiger charge is 2.47. The highest BCUT2D eigenvalue weighted by atomic mass is 19.4. The molecule has 10 heteroatoms. The molecule has 174 valence electrons. The molecular formula is C24H19F3N4O3. The van der Waals surface area contributed by atoms with Crippen molar-refractivity contribution in [3.8, 4) is 11.1 Å². The maximum absolute atomic E-state index is 12.7. The first-order chi connectivity index (χ1) is 16.2. The number of halogens is 3. The number of ether oxygens (including phenoxy) is 1. The van der Waals surface area contributed by atoms with Gasteiger partial charge in [0.05, 0.1) is 11.1 Å². The third-order valence-electron chi connectivity index (χ3n) is 6.20. The molecule has 0 unspecified atom stereocenters. The second-order valence-corrected chi connectivity index (χ2v) is 8.22. The van der Waals surface area contributed by atoms with E-state index in [1.807, 2.05) is 12.1 Å². The Morgan fingerprint density at radius 3 is 2.26 bits per heavy atom. The summed E-state index contributed by atoms with van der Waals surface area (Å²) >= 11 is 0. The molecule has 5 rings (SSSR count). The lowest BCUT2D eigenvalue weighted by Gasteiger charge is -2.38. The lowest BCUT2D eigenvalue weighted by molar-refractivity contribution is -0.137. The number of amides is 2. The van der Waals surface area contributed by atoms with Crippen molar-refractivity contribution in [1.82, 2.24) is 14.9 Å². The molecule has 3 heterocycles. The maximum Gasteiger partial charge on any atom is 0.416 e. The van der Waals surface area contributed by atoms with Crippen LogP contribution in [-0.2, 0) is 16.5 Å². The molecule has 2 aliphatic rings. The fourth-order valence-electron chi connectivity index (χ4n) is 4.36. The van der Waals surface area contributed by atoms with Crippen molar-refractivity contribution in [3.63, 3.8) is 0 Å². The van der Waals surface area contributed by atoms with E-state index in [1.54, 1.807) is 17.0 Å². The smallest absolute Gasteiger partial charge is 0.416 e. The highest BCUT2D eigenvalue weighted by Crippen LogP contribution is 2.44. The van der Waals surface area contributed by atoms with Crippen LogP contribution in [0.2, 0.25) is 0 Å². The van der Waals surface area contributed by atoms with Crippen molar-refractivity contribution in [3.05, 3.63) is 77.6 Å². The van der Waals surface area contributed by atoms with Crippen molar-refractivity contribution < 1.29 is 27.5 Å². The summed E-state index contributed by atoms with van der Waals surface area (Å²) in [5, 5.41) is 2.63. The number of aromatic nitrogens is 2. The molecule has 7 nitrogen and oxygen atoms in total. The van der Waals surface area contributed by atoms with Gasteiger partial charge < -0.3 is 9.64 Å². The van der Waals surface area contributed by atoms with Gasteiger partial charge in [0.15, 0.2) is 0 Å². The van der Waals surface area contributed by atoms with E-state index < -0.39 is 17.3 Å². The summed E-state index contributed by atoms with van der Waals surface area (Å²) in [7, 11) is 0. The van der Waals surface area contributed by atoms with Crippen LogP contribution in [-0.4, -0.2) is 40.0 Å². The largest absolute Gasteiger partial charge is 0.450 e. The number of alkyl halides is 3. The molecule has 1 aromatic heterocycles. The fraction of sp³-hybridized carbons (Fsp3) is 0.250. The van der Waals surface area contributed by atoms with Crippen LogP contribution in [0.15, 0.2) is 60.9 Å². The van der Waals surface area contributed by atoms with Gasteiger partial charge in [0.1, 0.15) is 5.60 Å². The molecule has 3 aromatic rings. The number of anilines is 1. The van der Waals surface area contributed by atoms with E-state index in [4.69, 9.17) is 4.74 Å². The summed E-state index contributed by atoms with van der Waals surface area (Å²) in [5.41, 5.74) is 1.04. The number of likely N-dealkylation sites (tertiary alicyclic amines) is 1. The molecule has 0 aliphatic carbocycles. The molecule has 2 aliphatic heterocycles. The molecule has 1 spiro atoms. The van der Waals surface area contributed by atoms with E-state index >= 15 is 0 Å². The van der Waals surface area contributed by atoms with Crippen LogP contribution in [0.4, 0.5) is 23.9 Å². The highest BCUT2D eigenvalue weighted by molar-refractivity contribution is 5.95. The van der Waals surface area contributed by atoms with E-state index in [9.17, 15) is 22.8 Å². The molecule has 0 atom stereocenters. The van der Waals surface area contributed by atoms with E-state index in [0.717, 1.165) is 17.7 Å². The van der Waals surface area contributed by atoms with Gasteiger partial charge >= 0.3 is 18.2 Å². The van der Waals surface area contributed by atoms with Gasteiger partial charge in [-0.3, -0.25) is 5.32 Å². The number of urea groups is 1. The Bertz CT molecular complexity index is 1240. The van der Waals surface area contributed by atoms with Crippen LogP contribution >= 0.6 is 0 Å². The van der Waals surface area contributed by atoms with E-state index in [-0.39, 0.29) is 17.9 Å². The zero-order valence-corrected chi connectivity index (χ0v) is 17.8. The van der Waals surface area contributed by atoms with Crippen LogP contribution in [0, 0.1) is 0 Å². The van der Waals surface area contributed by atoms with E-state index in [0.29, 0.717) is 42.6 Å². The Morgan fingerprint density at radius 1 is 0.971 bits per heavy atom. The van der Waals surface area contributed by atoms with Gasteiger partial charge in [-0.25, -0.2) is 19.6 Å². The second kappa shape index (κ2) is 8.12. The molecule has 0 bridgehead atoms. The molecule has 1 fully saturated rings. The molecule has 34 heavy (non-hydrogen) atoms. The zero-order chi connectivity index (χ0) is 23.9. The number of hydrogen-bond acceptors (Lipinski definition) is 5. The van der Waals surface area contributed by atoms with Crippen LogP contribution in [0.3, 0.4) is 0 Å². The minimum atomic E-state index is -4.40. The minimum absolute atomic E-state index is 0.0820. The van der Waals surface area contributed by atoms with Crippen LogP contribution in [0.25, 0.3) is 11.1 Å². The number of piperidine rings is 1. The second-order valence-electron chi connectivity index (χ2n) is 8.22. The van der Waals surface area contributed by atoms with Gasteiger partial charge in [-0.05, 0) is 23.8 Å². The van der Waals surface area contributed by atoms with Crippen molar-refractivity contribution in [2.45, 2.75) is 24.6 Å². The Balaban J connectivity index is 1.21. The van der Waals surface area contributed by atoms with Gasteiger partial charge in [0.25, 0.3) is 0 Å². The number of rotatable bonds is 2. The summed E-state index contributed by atoms with van der Waals surface area (Å²) in [5.74, 6) is -0.256. The van der Waals surface area contributed by atoms with E-state index in [2.05, 4.69) is 15.3 Å². The first-order valence-corrected chi connectivity index (χ1v) is 10.6. The Morgan fingerprint density at radius 2 is 1.62 bits per heavy atom. The molecule has 0 saturated carbocycles. The molecule has 1 N–H and O–H groups in total. The summed E-state index contributed by atoms with van der Waals surface area (Å²) in [6, 6.07) is 11.6. The number of fused-ring (bicyclic) bond motifs is 2. The monoisotopic (exact) mass is 468 g/mol.